The van der Waals surface area contributed by atoms with Gasteiger partial charge in [-0.1, -0.05) is 19.1 Å². The minimum Gasteiger partial charge on any atom is -0.486 e. The maximum atomic E-state index is 13.6. The molecule has 5 rings (SSSR count). The maximum Gasteiger partial charge on any atom is 0.416 e. The van der Waals surface area contributed by atoms with Crippen LogP contribution in [0.15, 0.2) is 53.5 Å². The van der Waals surface area contributed by atoms with Gasteiger partial charge in [0.1, 0.15) is 5.69 Å². The second kappa shape index (κ2) is 11.3. The normalized spacial score (nSPS) is 17.1. The van der Waals surface area contributed by atoms with Crippen LogP contribution in [0, 0.1) is 22.5 Å². The lowest BCUT2D eigenvalue weighted by atomic mass is 10.1. The van der Waals surface area contributed by atoms with Crippen LogP contribution >= 0.6 is 0 Å². The summed E-state index contributed by atoms with van der Waals surface area (Å²) in [5.41, 5.74) is -0.767. The predicted molar refractivity (Wildman–Crippen MR) is 152 cm³/mol. The summed E-state index contributed by atoms with van der Waals surface area (Å²) in [6.45, 7) is 4.41. The number of benzene rings is 2. The van der Waals surface area contributed by atoms with Crippen LogP contribution in [0.5, 0.6) is 5.75 Å². The number of ether oxygens (including phenoxy) is 1. The lowest BCUT2D eigenvalue weighted by Gasteiger charge is -2.35. The van der Waals surface area contributed by atoms with E-state index in [0.29, 0.717) is 16.8 Å². The van der Waals surface area contributed by atoms with Crippen molar-refractivity contribution in [3.63, 3.8) is 0 Å². The molecule has 1 aliphatic carbocycles. The van der Waals surface area contributed by atoms with E-state index in [0.717, 1.165) is 29.7 Å². The number of nitrogens with zero attached hydrogens (tertiary/aromatic N) is 5. The van der Waals surface area contributed by atoms with Gasteiger partial charge < -0.3 is 9.64 Å². The summed E-state index contributed by atoms with van der Waals surface area (Å²) in [7, 11) is -3.76. The SMILES string of the molecule is Cc1cc(CS(=O)(=O)N2CCN(c3cnn(-c4cccc(C(F)(F)F)c4)c(=O)c3OCC3(C)CC3)CC2)ccc1[N+](=O)[O-]. The van der Waals surface area contributed by atoms with Crippen molar-refractivity contribution in [2.75, 3.05) is 37.7 Å². The molecule has 1 aromatic heterocycles. The molecule has 1 aliphatic heterocycles. The smallest absolute Gasteiger partial charge is 0.416 e. The van der Waals surface area contributed by atoms with E-state index >= 15 is 0 Å². The van der Waals surface area contributed by atoms with Gasteiger partial charge in [-0.25, -0.2) is 8.42 Å². The molecule has 15 heteroatoms. The summed E-state index contributed by atoms with van der Waals surface area (Å²) in [4.78, 5) is 25.9. The van der Waals surface area contributed by atoms with E-state index in [1.165, 1.54) is 40.8 Å². The molecule has 230 valence electrons. The molecule has 3 aromatic rings. The minimum absolute atomic E-state index is 0.0572. The number of alkyl halides is 3. The predicted octanol–water partition coefficient (Wildman–Crippen LogP) is 4.30. The number of anilines is 1. The highest BCUT2D eigenvalue weighted by molar-refractivity contribution is 7.88. The molecule has 11 nitrogen and oxygen atoms in total. The van der Waals surface area contributed by atoms with Gasteiger partial charge >= 0.3 is 11.7 Å². The van der Waals surface area contributed by atoms with Crippen LogP contribution < -0.4 is 15.2 Å². The van der Waals surface area contributed by atoms with Gasteiger partial charge in [0.25, 0.3) is 5.69 Å². The van der Waals surface area contributed by atoms with E-state index in [1.807, 2.05) is 6.92 Å². The van der Waals surface area contributed by atoms with E-state index in [2.05, 4.69) is 5.10 Å². The highest BCUT2D eigenvalue weighted by Crippen LogP contribution is 2.45. The molecule has 0 atom stereocenters. The fraction of sp³-hybridized carbons (Fsp3) is 0.429. The fourth-order valence-corrected chi connectivity index (χ4v) is 6.42. The molecule has 1 saturated carbocycles. The lowest BCUT2D eigenvalue weighted by Crippen LogP contribution is -2.49. The van der Waals surface area contributed by atoms with Crippen molar-refractivity contribution in [2.24, 2.45) is 5.41 Å². The molecule has 2 heterocycles. The number of piperazine rings is 1. The topological polar surface area (TPSA) is 128 Å². The molecule has 0 unspecified atom stereocenters. The Morgan fingerprint density at radius 1 is 1.09 bits per heavy atom. The Kier molecular flexibility index (Phi) is 7.98. The number of halogens is 3. The van der Waals surface area contributed by atoms with Crippen LogP contribution in [0.3, 0.4) is 0 Å². The first-order valence-electron chi connectivity index (χ1n) is 13.6. The third-order valence-electron chi connectivity index (χ3n) is 7.78. The number of aromatic nitrogens is 2. The number of hydrogen-bond donors (Lipinski definition) is 0. The van der Waals surface area contributed by atoms with Gasteiger partial charge in [-0.05, 0) is 49.6 Å². The molecule has 1 saturated heterocycles. The third kappa shape index (κ3) is 6.67. The zero-order chi connectivity index (χ0) is 31.2. The summed E-state index contributed by atoms with van der Waals surface area (Å²) < 4.78 is 74.5. The van der Waals surface area contributed by atoms with Gasteiger partial charge in [0.2, 0.25) is 15.8 Å². The molecule has 2 fully saturated rings. The Hall–Kier alpha value is -3.98. The van der Waals surface area contributed by atoms with E-state index in [9.17, 15) is 36.5 Å². The van der Waals surface area contributed by atoms with E-state index in [-0.39, 0.29) is 61.1 Å². The van der Waals surface area contributed by atoms with Gasteiger partial charge in [-0.15, -0.1) is 0 Å². The zero-order valence-electron chi connectivity index (χ0n) is 23.5. The van der Waals surface area contributed by atoms with Gasteiger partial charge in [0, 0.05) is 43.2 Å². The lowest BCUT2D eigenvalue weighted by molar-refractivity contribution is -0.385. The number of sulfonamides is 1. The fourth-order valence-electron chi connectivity index (χ4n) is 4.91. The van der Waals surface area contributed by atoms with Crippen LogP contribution in [-0.2, 0) is 22.0 Å². The molecular weight excluding hydrogens is 591 g/mol. The molecule has 2 aromatic carbocycles. The molecule has 2 aliphatic rings. The summed E-state index contributed by atoms with van der Waals surface area (Å²) in [6, 6.07) is 8.50. The second-order valence-corrected chi connectivity index (χ2v) is 13.2. The second-order valence-electron chi connectivity index (χ2n) is 11.2. The molecule has 0 spiro atoms. The maximum absolute atomic E-state index is 13.6. The van der Waals surface area contributed by atoms with Crippen LogP contribution in [-0.4, -0.2) is 60.2 Å². The Balaban J connectivity index is 1.37. The molecule has 0 N–H and O–H groups in total. The average molecular weight is 622 g/mol. The largest absolute Gasteiger partial charge is 0.486 e. The van der Waals surface area contributed by atoms with Gasteiger partial charge in [0.15, 0.2) is 0 Å². The summed E-state index contributed by atoms with van der Waals surface area (Å²) in [6.07, 6.45) is -1.41. The molecule has 0 amide bonds. The van der Waals surface area contributed by atoms with Crippen molar-refractivity contribution in [2.45, 2.75) is 38.6 Å². The van der Waals surface area contributed by atoms with Gasteiger partial charge in [-0.3, -0.25) is 14.9 Å². The Labute approximate surface area is 245 Å². The number of hydrogen-bond acceptors (Lipinski definition) is 8. The average Bonchev–Trinajstić information content (AvgIpc) is 3.68. The number of aryl methyl sites for hydroxylation is 1. The van der Waals surface area contributed by atoms with Crippen molar-refractivity contribution < 1.29 is 31.2 Å². The standard InChI is InChI=1S/C28H30F3N5O6S/c1-19-14-20(6-7-23(19)36(38)39)17-43(40,41)34-12-10-33(11-13-34)24-16-32-35(22-5-3-4-21(15-22)28(29,30)31)26(37)25(24)42-18-27(2)8-9-27/h3-7,14-16H,8-13,17-18H2,1-2H3. The van der Waals surface area contributed by atoms with Crippen LogP contribution in [0.2, 0.25) is 0 Å². The van der Waals surface area contributed by atoms with Crippen LogP contribution in [0.25, 0.3) is 5.69 Å². The molecule has 43 heavy (non-hydrogen) atoms. The summed E-state index contributed by atoms with van der Waals surface area (Å²) in [5.74, 6) is -0.383. The third-order valence-corrected chi connectivity index (χ3v) is 9.63. The minimum atomic E-state index is -4.60. The highest BCUT2D eigenvalue weighted by Gasteiger charge is 2.39. The van der Waals surface area contributed by atoms with Crippen molar-refractivity contribution in [1.82, 2.24) is 14.1 Å². The summed E-state index contributed by atoms with van der Waals surface area (Å²) in [5, 5.41) is 15.2. The highest BCUT2D eigenvalue weighted by atomic mass is 32.2. The van der Waals surface area contributed by atoms with E-state index in [1.54, 1.807) is 11.8 Å². The van der Waals surface area contributed by atoms with Gasteiger partial charge in [-0.2, -0.15) is 27.3 Å². The molecule has 0 bridgehead atoms. The first-order chi connectivity index (χ1) is 20.2. The number of rotatable bonds is 9. The first kappa shape index (κ1) is 30.5. The van der Waals surface area contributed by atoms with Crippen molar-refractivity contribution in [1.29, 1.82) is 0 Å². The molecular formula is C28H30F3N5O6S. The Bertz CT molecular complexity index is 1710. The number of nitro groups is 1. The van der Waals surface area contributed by atoms with Crippen molar-refractivity contribution >= 4 is 21.4 Å². The van der Waals surface area contributed by atoms with Crippen molar-refractivity contribution in [3.8, 4) is 11.4 Å². The number of nitro benzene ring substituents is 1. The Morgan fingerprint density at radius 2 is 1.79 bits per heavy atom. The van der Waals surface area contributed by atoms with E-state index < -0.39 is 32.2 Å². The zero-order valence-corrected chi connectivity index (χ0v) is 24.3. The van der Waals surface area contributed by atoms with Crippen molar-refractivity contribution in [3.05, 3.63) is 85.8 Å². The quantitative estimate of drug-likeness (QED) is 0.256. The first-order valence-corrected chi connectivity index (χ1v) is 15.2. The molecule has 0 radical (unpaired) electrons. The van der Waals surface area contributed by atoms with E-state index in [4.69, 9.17) is 4.74 Å². The monoisotopic (exact) mass is 621 g/mol. The Morgan fingerprint density at radius 3 is 2.40 bits per heavy atom. The van der Waals surface area contributed by atoms with Gasteiger partial charge in [0.05, 0.1) is 34.7 Å². The van der Waals surface area contributed by atoms with Crippen LogP contribution in [0.4, 0.5) is 24.5 Å². The van der Waals surface area contributed by atoms with Crippen LogP contribution in [0.1, 0.15) is 36.5 Å². The summed E-state index contributed by atoms with van der Waals surface area (Å²) >= 11 is 0.